The van der Waals surface area contributed by atoms with E-state index in [-0.39, 0.29) is 29.5 Å². The van der Waals surface area contributed by atoms with Crippen LogP contribution in [0.15, 0.2) is 96.0 Å². The fraction of sp³-hybridized carbons (Fsp3) is 0.148. The summed E-state index contributed by atoms with van der Waals surface area (Å²) in [6.07, 6.45) is 1.22. The van der Waals surface area contributed by atoms with Gasteiger partial charge in [0.05, 0.1) is 16.0 Å². The van der Waals surface area contributed by atoms with Gasteiger partial charge >= 0.3 is 0 Å². The van der Waals surface area contributed by atoms with Crippen molar-refractivity contribution in [1.82, 2.24) is 13.8 Å². The van der Waals surface area contributed by atoms with Gasteiger partial charge in [-0.3, -0.25) is 14.4 Å². The normalized spacial score (nSPS) is 14.1. The van der Waals surface area contributed by atoms with Crippen LogP contribution in [-0.2, 0) is 14.8 Å². The van der Waals surface area contributed by atoms with Gasteiger partial charge in [0.1, 0.15) is 0 Å². The van der Waals surface area contributed by atoms with Crippen molar-refractivity contribution in [2.24, 2.45) is 0 Å². The van der Waals surface area contributed by atoms with Crippen LogP contribution in [0.1, 0.15) is 20.7 Å². The zero-order chi connectivity index (χ0) is 25.3. The lowest BCUT2D eigenvalue weighted by atomic mass is 10.1. The van der Waals surface area contributed by atoms with Gasteiger partial charge in [-0.15, -0.1) is 0 Å². The number of carbonyl (C=O) groups excluding carboxylic acids is 3. The van der Waals surface area contributed by atoms with Crippen molar-refractivity contribution < 1.29 is 22.8 Å². The summed E-state index contributed by atoms with van der Waals surface area (Å²) in [5.74, 6) is -1.62. The first kappa shape index (κ1) is 23.5. The van der Waals surface area contributed by atoms with Crippen molar-refractivity contribution in [2.45, 2.75) is 4.90 Å². The summed E-state index contributed by atoms with van der Waals surface area (Å²) in [7, 11) is -3.98. The monoisotopic (exact) mass is 501 g/mol. The Morgan fingerprint density at radius 2 is 1.22 bits per heavy atom. The Labute approximate surface area is 208 Å². The predicted octanol–water partition coefficient (Wildman–Crippen LogP) is 3.05. The molecule has 0 N–H and O–H groups in total. The largest absolute Gasteiger partial charge is 0.335 e. The summed E-state index contributed by atoms with van der Waals surface area (Å²) >= 11 is 0. The van der Waals surface area contributed by atoms with E-state index in [4.69, 9.17) is 0 Å². The molecule has 182 valence electrons. The molecule has 0 aliphatic carbocycles. The smallest absolute Gasteiger partial charge is 0.295 e. The maximum atomic E-state index is 13.3. The fourth-order valence-corrected chi connectivity index (χ4v) is 5.76. The number of hydrogen-bond donors (Lipinski definition) is 0. The molecule has 3 aromatic carbocycles. The highest BCUT2D eigenvalue weighted by atomic mass is 32.2. The summed E-state index contributed by atoms with van der Waals surface area (Å²) in [5, 5.41) is 0.383. The first-order valence-corrected chi connectivity index (χ1v) is 12.9. The first-order chi connectivity index (χ1) is 17.4. The summed E-state index contributed by atoms with van der Waals surface area (Å²) in [5.41, 5.74) is 0.912. The van der Waals surface area contributed by atoms with Crippen molar-refractivity contribution in [1.29, 1.82) is 0 Å². The quantitative estimate of drug-likeness (QED) is 0.309. The molecular formula is C27H23N3O5S. The van der Waals surface area contributed by atoms with Crippen molar-refractivity contribution in [3.8, 4) is 0 Å². The van der Waals surface area contributed by atoms with Crippen LogP contribution >= 0.6 is 0 Å². The van der Waals surface area contributed by atoms with Gasteiger partial charge in [-0.1, -0.05) is 54.6 Å². The van der Waals surface area contributed by atoms with E-state index in [0.717, 1.165) is 3.97 Å². The third-order valence-electron chi connectivity index (χ3n) is 6.29. The molecule has 1 saturated heterocycles. The number of rotatable bonds is 5. The zero-order valence-corrected chi connectivity index (χ0v) is 20.1. The average Bonchev–Trinajstić information content (AvgIpc) is 3.33. The van der Waals surface area contributed by atoms with Crippen LogP contribution in [0.2, 0.25) is 0 Å². The number of carbonyl (C=O) groups is 3. The van der Waals surface area contributed by atoms with Gasteiger partial charge in [-0.05, 0) is 30.3 Å². The van der Waals surface area contributed by atoms with Gasteiger partial charge in [0.25, 0.3) is 27.6 Å². The molecule has 1 aromatic heterocycles. The molecule has 8 nitrogen and oxygen atoms in total. The Kier molecular flexibility index (Phi) is 6.15. The van der Waals surface area contributed by atoms with Crippen LogP contribution in [0.5, 0.6) is 0 Å². The Hall–Kier alpha value is -4.24. The molecule has 2 heterocycles. The highest BCUT2D eigenvalue weighted by molar-refractivity contribution is 7.90. The number of amides is 2. The molecule has 0 unspecified atom stereocenters. The third kappa shape index (κ3) is 4.18. The Morgan fingerprint density at radius 1 is 0.667 bits per heavy atom. The first-order valence-electron chi connectivity index (χ1n) is 11.5. The lowest BCUT2D eigenvalue weighted by Crippen LogP contribution is -2.52. The van der Waals surface area contributed by atoms with E-state index in [1.54, 1.807) is 71.6 Å². The number of aromatic nitrogens is 1. The Bertz CT molecular complexity index is 1560. The van der Waals surface area contributed by atoms with Crippen molar-refractivity contribution >= 4 is 38.5 Å². The molecule has 1 aliphatic rings. The van der Waals surface area contributed by atoms with E-state index in [9.17, 15) is 22.8 Å². The van der Waals surface area contributed by atoms with E-state index in [2.05, 4.69) is 0 Å². The van der Waals surface area contributed by atoms with E-state index in [0.29, 0.717) is 29.6 Å². The van der Waals surface area contributed by atoms with Crippen LogP contribution in [0.3, 0.4) is 0 Å². The highest BCUT2D eigenvalue weighted by Gasteiger charge is 2.32. The SMILES string of the molecule is O=C(C(=O)N1CCN(C(=O)c2ccccc2)CC1)c1cn(S(=O)(=O)c2ccccc2)c2ccccc12. The minimum Gasteiger partial charge on any atom is -0.335 e. The van der Waals surface area contributed by atoms with Crippen molar-refractivity contribution in [3.63, 3.8) is 0 Å². The number of para-hydroxylation sites is 1. The predicted molar refractivity (Wildman–Crippen MR) is 134 cm³/mol. The summed E-state index contributed by atoms with van der Waals surface area (Å²) < 4.78 is 27.6. The maximum Gasteiger partial charge on any atom is 0.295 e. The molecule has 0 spiro atoms. The minimum atomic E-state index is -3.98. The van der Waals surface area contributed by atoms with Gasteiger partial charge in [-0.25, -0.2) is 12.4 Å². The molecule has 0 bridgehead atoms. The fourth-order valence-electron chi connectivity index (χ4n) is 4.37. The molecule has 36 heavy (non-hydrogen) atoms. The highest BCUT2D eigenvalue weighted by Crippen LogP contribution is 2.27. The number of piperazine rings is 1. The lowest BCUT2D eigenvalue weighted by molar-refractivity contribution is -0.127. The summed E-state index contributed by atoms with van der Waals surface area (Å²) in [6.45, 7) is 1.03. The van der Waals surface area contributed by atoms with Crippen LogP contribution < -0.4 is 0 Å². The van der Waals surface area contributed by atoms with Gasteiger partial charge < -0.3 is 9.80 Å². The van der Waals surface area contributed by atoms with Crippen LogP contribution in [0.4, 0.5) is 0 Å². The maximum absolute atomic E-state index is 13.3. The molecule has 4 aromatic rings. The van der Waals surface area contributed by atoms with E-state index < -0.39 is 21.7 Å². The van der Waals surface area contributed by atoms with E-state index >= 15 is 0 Å². The molecule has 0 radical (unpaired) electrons. The molecule has 2 amide bonds. The number of Topliss-reactive ketones (excluding diaryl/α,β-unsaturated/α-hetero) is 1. The summed E-state index contributed by atoms with van der Waals surface area (Å²) in [6, 6.07) is 23.4. The van der Waals surface area contributed by atoms with Crippen molar-refractivity contribution in [3.05, 3.63) is 102 Å². The topological polar surface area (TPSA) is 96.8 Å². The van der Waals surface area contributed by atoms with Gasteiger partial charge in [0, 0.05) is 43.3 Å². The van der Waals surface area contributed by atoms with Crippen LogP contribution in [-0.4, -0.2) is 66.0 Å². The molecule has 1 fully saturated rings. The number of ketones is 1. The average molecular weight is 502 g/mol. The second kappa shape index (κ2) is 9.43. The number of benzene rings is 3. The number of hydrogen-bond acceptors (Lipinski definition) is 5. The second-order valence-electron chi connectivity index (χ2n) is 8.45. The lowest BCUT2D eigenvalue weighted by Gasteiger charge is -2.34. The molecule has 1 aliphatic heterocycles. The van der Waals surface area contributed by atoms with Crippen LogP contribution in [0.25, 0.3) is 10.9 Å². The van der Waals surface area contributed by atoms with Gasteiger partial charge in [0.2, 0.25) is 0 Å². The van der Waals surface area contributed by atoms with Crippen LogP contribution in [0, 0.1) is 0 Å². The molecular weight excluding hydrogens is 478 g/mol. The van der Waals surface area contributed by atoms with Gasteiger partial charge in [0.15, 0.2) is 0 Å². The van der Waals surface area contributed by atoms with E-state index in [1.165, 1.54) is 23.2 Å². The van der Waals surface area contributed by atoms with E-state index in [1.807, 2.05) is 6.07 Å². The Morgan fingerprint density at radius 3 is 1.89 bits per heavy atom. The zero-order valence-electron chi connectivity index (χ0n) is 19.3. The standard InChI is InChI=1S/C27H23N3O5S/c31-25(27(33)29-17-15-28(16-18-29)26(32)20-9-3-1-4-10-20)23-19-30(24-14-8-7-13-22(23)24)36(34,35)21-11-5-2-6-12-21/h1-14,19H,15-18H2. The van der Waals surface area contributed by atoms with Crippen molar-refractivity contribution in [2.75, 3.05) is 26.2 Å². The molecule has 9 heteroatoms. The number of nitrogens with zero attached hydrogens (tertiary/aromatic N) is 3. The second-order valence-corrected chi connectivity index (χ2v) is 10.3. The molecule has 5 rings (SSSR count). The molecule has 0 saturated carbocycles. The minimum absolute atomic E-state index is 0.0258. The number of fused-ring (bicyclic) bond motifs is 1. The van der Waals surface area contributed by atoms with Gasteiger partial charge in [-0.2, -0.15) is 0 Å². The molecule has 0 atom stereocenters. The summed E-state index contributed by atoms with van der Waals surface area (Å²) in [4.78, 5) is 42.3. The third-order valence-corrected chi connectivity index (χ3v) is 7.98. The Balaban J connectivity index is 1.38.